The van der Waals surface area contributed by atoms with Gasteiger partial charge in [0.1, 0.15) is 5.03 Å². The molecular formula is C13H13NS. The first-order chi connectivity index (χ1) is 7.24. The number of aromatic nitrogens is 1. The van der Waals surface area contributed by atoms with Gasteiger partial charge in [-0.1, -0.05) is 41.6 Å². The van der Waals surface area contributed by atoms with Crippen molar-refractivity contribution in [2.75, 3.05) is 0 Å². The monoisotopic (exact) mass is 215 g/mol. The van der Waals surface area contributed by atoms with Crippen LogP contribution in [0.25, 0.3) is 0 Å². The third-order valence-electron chi connectivity index (χ3n) is 2.98. The van der Waals surface area contributed by atoms with E-state index < -0.39 is 0 Å². The molecule has 76 valence electrons. The second-order valence-electron chi connectivity index (χ2n) is 4.23. The zero-order valence-corrected chi connectivity index (χ0v) is 9.71. The lowest BCUT2D eigenvalue weighted by molar-refractivity contribution is 0.852. The van der Waals surface area contributed by atoms with Gasteiger partial charge in [0.2, 0.25) is 0 Å². The highest BCUT2D eigenvalue weighted by atomic mass is 32.2. The Balaban J connectivity index is 2.10. The van der Waals surface area contributed by atoms with Crippen molar-refractivity contribution in [3.63, 3.8) is 0 Å². The van der Waals surface area contributed by atoms with Crippen molar-refractivity contribution in [2.45, 2.75) is 30.0 Å². The number of allylic oxidation sites excluding steroid dienone is 3. The van der Waals surface area contributed by atoms with Crippen molar-refractivity contribution in [1.82, 2.24) is 4.98 Å². The molecule has 0 bridgehead atoms. The molecule has 2 aliphatic rings. The molecule has 2 unspecified atom stereocenters. The van der Waals surface area contributed by atoms with Gasteiger partial charge in [-0.2, -0.15) is 0 Å². The molecule has 0 spiro atoms. The molecule has 3 rings (SSSR count). The summed E-state index contributed by atoms with van der Waals surface area (Å²) in [5, 5.41) is 1.79. The number of pyridine rings is 1. The van der Waals surface area contributed by atoms with Crippen molar-refractivity contribution in [3.05, 3.63) is 47.2 Å². The zero-order valence-electron chi connectivity index (χ0n) is 8.90. The SMILES string of the molecule is CC1=CC2c3ccc(C)nc3SC2C=C1. The lowest BCUT2D eigenvalue weighted by Gasteiger charge is -2.16. The van der Waals surface area contributed by atoms with Gasteiger partial charge in [0, 0.05) is 16.9 Å². The number of hydrogen-bond donors (Lipinski definition) is 0. The Morgan fingerprint density at radius 2 is 2.13 bits per heavy atom. The molecule has 1 nitrogen and oxygen atoms in total. The zero-order chi connectivity index (χ0) is 10.4. The third kappa shape index (κ3) is 1.44. The van der Waals surface area contributed by atoms with Crippen LogP contribution in [0, 0.1) is 6.92 Å². The summed E-state index contributed by atoms with van der Waals surface area (Å²) in [6.45, 7) is 4.22. The first-order valence-electron chi connectivity index (χ1n) is 5.25. The fourth-order valence-electron chi connectivity index (χ4n) is 2.20. The lowest BCUT2D eigenvalue weighted by Crippen LogP contribution is -2.08. The van der Waals surface area contributed by atoms with Crippen molar-refractivity contribution in [1.29, 1.82) is 0 Å². The van der Waals surface area contributed by atoms with Crippen LogP contribution in [0.3, 0.4) is 0 Å². The molecule has 0 aromatic carbocycles. The second-order valence-corrected chi connectivity index (χ2v) is 5.39. The highest BCUT2D eigenvalue weighted by Gasteiger charge is 2.32. The molecule has 0 N–H and O–H groups in total. The summed E-state index contributed by atoms with van der Waals surface area (Å²) in [6, 6.07) is 4.35. The lowest BCUT2D eigenvalue weighted by atomic mass is 9.91. The van der Waals surface area contributed by atoms with E-state index in [-0.39, 0.29) is 0 Å². The standard InChI is InChI=1S/C13H13NS/c1-8-3-6-12-11(7-8)10-5-4-9(2)14-13(10)15-12/h3-7,11-12H,1-2H3. The maximum absolute atomic E-state index is 4.60. The predicted octanol–water partition coefficient (Wildman–Crippen LogP) is 3.46. The molecule has 2 atom stereocenters. The molecule has 1 aromatic heterocycles. The highest BCUT2D eigenvalue weighted by Crippen LogP contribution is 2.47. The van der Waals surface area contributed by atoms with E-state index in [9.17, 15) is 0 Å². The van der Waals surface area contributed by atoms with Crippen molar-refractivity contribution in [2.24, 2.45) is 0 Å². The van der Waals surface area contributed by atoms with Gasteiger partial charge in [-0.05, 0) is 25.5 Å². The van der Waals surface area contributed by atoms with Crippen LogP contribution in [-0.2, 0) is 0 Å². The summed E-state index contributed by atoms with van der Waals surface area (Å²) >= 11 is 1.89. The molecule has 1 aliphatic carbocycles. The smallest absolute Gasteiger partial charge is 0.101 e. The largest absolute Gasteiger partial charge is 0.246 e. The van der Waals surface area contributed by atoms with Crippen LogP contribution < -0.4 is 0 Å². The van der Waals surface area contributed by atoms with E-state index in [1.54, 1.807) is 0 Å². The number of rotatable bonds is 0. The Kier molecular flexibility index (Phi) is 1.99. The minimum atomic E-state index is 0.545. The van der Waals surface area contributed by atoms with Crippen LogP contribution in [0.15, 0.2) is 41.0 Å². The van der Waals surface area contributed by atoms with Crippen molar-refractivity contribution in [3.8, 4) is 0 Å². The van der Waals surface area contributed by atoms with E-state index in [1.165, 1.54) is 16.2 Å². The minimum Gasteiger partial charge on any atom is -0.246 e. The number of aryl methyl sites for hydroxylation is 1. The first-order valence-corrected chi connectivity index (χ1v) is 6.13. The molecule has 0 saturated heterocycles. The normalized spacial score (nSPS) is 27.2. The molecule has 1 aliphatic heterocycles. The molecule has 15 heavy (non-hydrogen) atoms. The minimum absolute atomic E-state index is 0.545. The molecule has 0 radical (unpaired) electrons. The Morgan fingerprint density at radius 3 is 3.00 bits per heavy atom. The molecule has 0 saturated carbocycles. The topological polar surface area (TPSA) is 12.9 Å². The van der Waals surface area contributed by atoms with E-state index in [2.05, 4.69) is 49.2 Å². The van der Waals surface area contributed by atoms with Gasteiger partial charge in [-0.15, -0.1) is 0 Å². The van der Waals surface area contributed by atoms with Gasteiger partial charge in [-0.3, -0.25) is 0 Å². The number of nitrogens with zero attached hydrogens (tertiary/aromatic N) is 1. The summed E-state index contributed by atoms with van der Waals surface area (Å²) in [7, 11) is 0. The fourth-order valence-corrected chi connectivity index (χ4v) is 3.52. The van der Waals surface area contributed by atoms with Gasteiger partial charge in [0.05, 0.1) is 0 Å². The van der Waals surface area contributed by atoms with E-state index in [0.717, 1.165) is 5.69 Å². The van der Waals surface area contributed by atoms with Crippen LogP contribution in [0.4, 0.5) is 0 Å². The van der Waals surface area contributed by atoms with Crippen molar-refractivity contribution < 1.29 is 0 Å². The van der Waals surface area contributed by atoms with Crippen LogP contribution in [0.2, 0.25) is 0 Å². The summed E-state index contributed by atoms with van der Waals surface area (Å²) in [5.74, 6) is 0.545. The van der Waals surface area contributed by atoms with E-state index in [4.69, 9.17) is 0 Å². The van der Waals surface area contributed by atoms with E-state index in [1.807, 2.05) is 11.8 Å². The van der Waals surface area contributed by atoms with Gasteiger partial charge in [0.25, 0.3) is 0 Å². The molecule has 2 heteroatoms. The number of hydrogen-bond acceptors (Lipinski definition) is 2. The van der Waals surface area contributed by atoms with E-state index >= 15 is 0 Å². The molecule has 1 aromatic rings. The Hall–Kier alpha value is -1.02. The van der Waals surface area contributed by atoms with Crippen LogP contribution in [-0.4, -0.2) is 10.2 Å². The number of fused-ring (bicyclic) bond motifs is 3. The fraction of sp³-hybridized carbons (Fsp3) is 0.308. The van der Waals surface area contributed by atoms with Gasteiger partial charge >= 0.3 is 0 Å². The molecule has 0 amide bonds. The van der Waals surface area contributed by atoms with Gasteiger partial charge in [0.15, 0.2) is 0 Å². The molecular weight excluding hydrogens is 202 g/mol. The quantitative estimate of drug-likeness (QED) is 0.657. The van der Waals surface area contributed by atoms with Crippen LogP contribution in [0.5, 0.6) is 0 Å². The Labute approximate surface area is 94.3 Å². The van der Waals surface area contributed by atoms with Gasteiger partial charge < -0.3 is 0 Å². The van der Waals surface area contributed by atoms with Crippen molar-refractivity contribution >= 4 is 11.8 Å². The average molecular weight is 215 g/mol. The summed E-state index contributed by atoms with van der Waals surface area (Å²) in [5.41, 5.74) is 3.88. The third-order valence-corrected chi connectivity index (χ3v) is 4.25. The maximum Gasteiger partial charge on any atom is 0.101 e. The van der Waals surface area contributed by atoms with Gasteiger partial charge in [-0.25, -0.2) is 4.98 Å². The average Bonchev–Trinajstić information content (AvgIpc) is 2.54. The Bertz CT molecular complexity index is 473. The molecule has 0 fully saturated rings. The predicted molar refractivity (Wildman–Crippen MR) is 64.3 cm³/mol. The molecule has 2 heterocycles. The Morgan fingerprint density at radius 1 is 1.27 bits per heavy atom. The number of thioether (sulfide) groups is 1. The summed E-state index contributed by atoms with van der Waals surface area (Å²) in [4.78, 5) is 4.60. The first kappa shape index (κ1) is 9.22. The van der Waals surface area contributed by atoms with E-state index in [0.29, 0.717) is 11.2 Å². The summed E-state index contributed by atoms with van der Waals surface area (Å²) < 4.78 is 0. The summed E-state index contributed by atoms with van der Waals surface area (Å²) in [6.07, 6.45) is 6.88. The van der Waals surface area contributed by atoms with Crippen LogP contribution in [0.1, 0.15) is 24.1 Å². The second kappa shape index (κ2) is 3.24. The highest BCUT2D eigenvalue weighted by molar-refractivity contribution is 8.00. The maximum atomic E-state index is 4.60. The van der Waals surface area contributed by atoms with Crippen LogP contribution >= 0.6 is 11.8 Å².